The van der Waals surface area contributed by atoms with Crippen LogP contribution in [0.1, 0.15) is 162 Å². The van der Waals surface area contributed by atoms with Gasteiger partial charge in [0.1, 0.15) is 0 Å². The van der Waals surface area contributed by atoms with Gasteiger partial charge in [-0.1, -0.05) is 210 Å². The van der Waals surface area contributed by atoms with Gasteiger partial charge in [0.25, 0.3) is 0 Å². The summed E-state index contributed by atoms with van der Waals surface area (Å²) in [6.45, 7) is 0. The Balaban J connectivity index is 0.835. The van der Waals surface area contributed by atoms with Gasteiger partial charge in [-0.3, -0.25) is 0 Å². The normalized spacial score (nSPS) is 16.6. The standard InChI is InChI=1S/C88H78N4/c1-5-21-57(22-6-1)61-37-43-67(44-38-61)89(79-49-41-65(59-25-13-14-26-59)53-73(79)63-29-9-3-10-30-63)81-51-47-69-75-55-84-76(56-83(75)91-77-35-19-17-33-71(77)85(81)87(69)91)70-48-52-82(86-72-34-18-20-36-78(72)92(84)88(70)86)90(68-45-39-62(40-46-68)58-23-7-2-8-24-58)80-50-42-66(60-27-15-16-28-60)54-74(80)64-31-11-4-12-32-64/h3-4,9-12,17-20,29-60H,1-2,5-8,13-16,21-28H2. The number of fused-ring (bicyclic) bond motifs is 12. The van der Waals surface area contributed by atoms with Crippen LogP contribution in [0.5, 0.6) is 0 Å². The smallest absolute Gasteiger partial charge is 0.0641 e. The maximum Gasteiger partial charge on any atom is 0.0641 e. The Hall–Kier alpha value is -9.38. The highest BCUT2D eigenvalue weighted by atomic mass is 15.2. The van der Waals surface area contributed by atoms with Crippen molar-refractivity contribution in [1.29, 1.82) is 0 Å². The number of hydrogen-bond acceptors (Lipinski definition) is 2. The maximum atomic E-state index is 2.63. The fourth-order valence-electron chi connectivity index (χ4n) is 18.5. The van der Waals surface area contributed by atoms with Crippen molar-refractivity contribution in [2.75, 3.05) is 9.80 Å². The molecular weight excluding hydrogens is 1110 g/mol. The van der Waals surface area contributed by atoms with Gasteiger partial charge in [0.05, 0.1) is 55.8 Å². The Kier molecular flexibility index (Phi) is 13.1. The molecule has 4 aromatic heterocycles. The molecule has 4 heterocycles. The van der Waals surface area contributed by atoms with Crippen LogP contribution in [0.25, 0.3) is 98.4 Å². The van der Waals surface area contributed by atoms with Gasteiger partial charge in [-0.15, -0.1) is 0 Å². The SMILES string of the molecule is c1ccc(-c2cc(C3CCCC3)ccc2N(c2ccc(C3CCCCC3)cc2)c2ccc3c4cc5c(cc4n4c6ccccc6c2c34)c2ccc(N(c3ccc(C4CCCCC4)cc3)c3ccc(C4CCCC4)cc3-c3ccccc3)c3c4ccccc4n5c23)cc1. The summed E-state index contributed by atoms with van der Waals surface area (Å²) in [7, 11) is 0. The van der Waals surface area contributed by atoms with E-state index in [0.29, 0.717) is 23.7 Å². The molecule has 11 aromatic carbocycles. The summed E-state index contributed by atoms with van der Waals surface area (Å²) in [4.78, 5) is 5.25. The number of aromatic nitrogens is 2. The second-order valence-electron chi connectivity index (χ2n) is 28.1. The van der Waals surface area contributed by atoms with Gasteiger partial charge >= 0.3 is 0 Å². The molecule has 0 atom stereocenters. The topological polar surface area (TPSA) is 15.3 Å². The molecule has 4 heteroatoms. The molecule has 0 amide bonds. The molecule has 4 fully saturated rings. The summed E-state index contributed by atoms with van der Waals surface area (Å²) in [6, 6.07) is 90.5. The van der Waals surface area contributed by atoms with Crippen LogP contribution in [0, 0.1) is 0 Å². The molecule has 0 aliphatic heterocycles. The Morgan fingerprint density at radius 3 is 0.989 bits per heavy atom. The highest BCUT2D eigenvalue weighted by Crippen LogP contribution is 2.54. The molecule has 0 spiro atoms. The van der Waals surface area contributed by atoms with E-state index in [2.05, 4.69) is 249 Å². The fourth-order valence-corrected chi connectivity index (χ4v) is 18.5. The summed E-state index contributed by atoms with van der Waals surface area (Å²) >= 11 is 0. The van der Waals surface area contributed by atoms with Crippen molar-refractivity contribution in [1.82, 2.24) is 8.80 Å². The number of hydrogen-bond donors (Lipinski definition) is 0. The second-order valence-corrected chi connectivity index (χ2v) is 28.1. The molecule has 0 N–H and O–H groups in total. The van der Waals surface area contributed by atoms with Gasteiger partial charge in [-0.2, -0.15) is 0 Å². The number of benzene rings is 11. The average molecular weight is 1190 g/mol. The van der Waals surface area contributed by atoms with Crippen molar-refractivity contribution in [3.8, 4) is 22.3 Å². The Morgan fingerprint density at radius 2 is 0.587 bits per heavy atom. The second kappa shape index (κ2) is 22.2. The minimum atomic E-state index is 0.600. The molecule has 0 saturated heterocycles. The van der Waals surface area contributed by atoms with Crippen LogP contribution in [0.3, 0.4) is 0 Å². The Labute approximate surface area is 540 Å². The van der Waals surface area contributed by atoms with Crippen LogP contribution in [-0.2, 0) is 0 Å². The number of anilines is 6. The lowest BCUT2D eigenvalue weighted by molar-refractivity contribution is 0.443. The molecule has 19 rings (SSSR count). The van der Waals surface area contributed by atoms with Crippen LogP contribution in [0.4, 0.5) is 34.1 Å². The van der Waals surface area contributed by atoms with Crippen LogP contribution in [0.2, 0.25) is 0 Å². The molecule has 92 heavy (non-hydrogen) atoms. The first kappa shape index (κ1) is 54.4. The van der Waals surface area contributed by atoms with E-state index in [4.69, 9.17) is 0 Å². The zero-order valence-electron chi connectivity index (χ0n) is 52.8. The van der Waals surface area contributed by atoms with E-state index in [9.17, 15) is 0 Å². The monoisotopic (exact) mass is 1190 g/mol. The lowest BCUT2D eigenvalue weighted by Gasteiger charge is -2.30. The molecule has 4 nitrogen and oxygen atoms in total. The van der Waals surface area contributed by atoms with E-state index < -0.39 is 0 Å². The van der Waals surface area contributed by atoms with E-state index in [1.807, 2.05) is 0 Å². The van der Waals surface area contributed by atoms with Gasteiger partial charge in [-0.25, -0.2) is 0 Å². The van der Waals surface area contributed by atoms with Crippen LogP contribution >= 0.6 is 0 Å². The minimum Gasteiger partial charge on any atom is -0.309 e. The molecule has 4 aliphatic carbocycles. The molecule has 4 saturated carbocycles. The van der Waals surface area contributed by atoms with E-state index in [-0.39, 0.29) is 0 Å². The quantitative estimate of drug-likeness (QED) is 0.121. The van der Waals surface area contributed by atoms with Crippen LogP contribution in [-0.4, -0.2) is 8.80 Å². The number of para-hydroxylation sites is 2. The third-order valence-electron chi connectivity index (χ3n) is 23.0. The fraction of sp³-hybridized carbons (Fsp3) is 0.250. The Morgan fingerprint density at radius 1 is 0.250 bits per heavy atom. The van der Waals surface area contributed by atoms with Crippen molar-refractivity contribution in [2.45, 2.75) is 139 Å². The summed E-state index contributed by atoms with van der Waals surface area (Å²) in [5, 5.41) is 10.3. The summed E-state index contributed by atoms with van der Waals surface area (Å²) < 4.78 is 5.25. The first-order valence-corrected chi connectivity index (χ1v) is 35.2. The zero-order valence-corrected chi connectivity index (χ0v) is 52.8. The summed E-state index contributed by atoms with van der Waals surface area (Å²) in [5.74, 6) is 2.46. The van der Waals surface area contributed by atoms with Crippen molar-refractivity contribution < 1.29 is 0 Å². The predicted octanol–water partition coefficient (Wildman–Crippen LogP) is 25.7. The van der Waals surface area contributed by atoms with Gasteiger partial charge in [-0.05, 0) is 193 Å². The first-order chi connectivity index (χ1) is 45.7. The Bertz CT molecular complexity index is 4910. The number of rotatable bonds is 12. The average Bonchev–Trinajstić information content (AvgIpc) is 1.52. The van der Waals surface area contributed by atoms with Gasteiger partial charge in [0, 0.05) is 65.6 Å². The van der Waals surface area contributed by atoms with E-state index >= 15 is 0 Å². The highest BCUT2D eigenvalue weighted by Gasteiger charge is 2.32. The van der Waals surface area contributed by atoms with E-state index in [1.165, 1.54) is 270 Å². The molecule has 15 aromatic rings. The molecule has 0 unspecified atom stereocenters. The maximum absolute atomic E-state index is 2.63. The lowest BCUT2D eigenvalue weighted by atomic mass is 9.84. The van der Waals surface area contributed by atoms with Gasteiger partial charge in [0.2, 0.25) is 0 Å². The number of nitrogens with zero attached hydrogens (tertiary/aromatic N) is 4. The van der Waals surface area contributed by atoms with Crippen molar-refractivity contribution in [3.63, 3.8) is 0 Å². The third kappa shape index (κ3) is 8.68. The van der Waals surface area contributed by atoms with E-state index in [1.54, 1.807) is 0 Å². The van der Waals surface area contributed by atoms with Crippen molar-refractivity contribution >= 4 is 110 Å². The lowest BCUT2D eigenvalue weighted by Crippen LogP contribution is -2.13. The largest absolute Gasteiger partial charge is 0.309 e. The van der Waals surface area contributed by atoms with Crippen molar-refractivity contribution in [2.24, 2.45) is 0 Å². The third-order valence-corrected chi connectivity index (χ3v) is 23.0. The zero-order chi connectivity index (χ0) is 60.4. The molecule has 4 aliphatic rings. The first-order valence-electron chi connectivity index (χ1n) is 35.2. The molecule has 0 bridgehead atoms. The summed E-state index contributed by atoms with van der Waals surface area (Å²) in [5.41, 5.74) is 25.8. The molecular formula is C88H78N4. The molecule has 0 radical (unpaired) electrons. The summed E-state index contributed by atoms with van der Waals surface area (Å²) in [6.07, 6.45) is 23.5. The van der Waals surface area contributed by atoms with Crippen LogP contribution in [0.15, 0.2) is 231 Å². The highest BCUT2D eigenvalue weighted by molar-refractivity contribution is 6.32. The molecule has 450 valence electrons. The van der Waals surface area contributed by atoms with E-state index in [0.717, 1.165) is 0 Å². The van der Waals surface area contributed by atoms with Crippen LogP contribution < -0.4 is 9.80 Å². The van der Waals surface area contributed by atoms with Gasteiger partial charge < -0.3 is 18.6 Å². The van der Waals surface area contributed by atoms with Crippen molar-refractivity contribution in [3.05, 3.63) is 253 Å². The predicted molar refractivity (Wildman–Crippen MR) is 390 cm³/mol. The van der Waals surface area contributed by atoms with Gasteiger partial charge in [0.15, 0.2) is 0 Å². The minimum absolute atomic E-state index is 0.600.